The van der Waals surface area contributed by atoms with Gasteiger partial charge in [-0.25, -0.2) is 4.98 Å². The van der Waals surface area contributed by atoms with Gasteiger partial charge in [0, 0.05) is 18.7 Å². The third-order valence-electron chi connectivity index (χ3n) is 3.70. The fraction of sp³-hybridized carbons (Fsp3) is 0.214. The molecule has 2 aromatic rings. The molecule has 14 heteroatoms. The first-order chi connectivity index (χ1) is 13.0. The van der Waals surface area contributed by atoms with Crippen molar-refractivity contribution in [3.8, 4) is 0 Å². The summed E-state index contributed by atoms with van der Waals surface area (Å²) in [6, 6.07) is 3.65. The SMILES string of the molecule is NC(=O)C(Cn1c(SC(C(N)=O)C(N)=O)nc2cc([N+](=O)[O-])ccc21)C(N)=O. The fourth-order valence-electron chi connectivity index (χ4n) is 2.34. The van der Waals surface area contributed by atoms with Crippen molar-refractivity contribution in [1.29, 1.82) is 0 Å². The molecule has 0 spiro atoms. The molecular weight excluding hydrogens is 394 g/mol. The van der Waals surface area contributed by atoms with Gasteiger partial charge >= 0.3 is 0 Å². The Morgan fingerprint density at radius 1 is 1.07 bits per heavy atom. The molecule has 0 fully saturated rings. The maximum absolute atomic E-state index is 11.5. The van der Waals surface area contributed by atoms with Crippen molar-refractivity contribution in [2.45, 2.75) is 17.0 Å². The number of thioether (sulfide) groups is 1. The molecule has 0 atom stereocenters. The lowest BCUT2D eigenvalue weighted by Crippen LogP contribution is -2.39. The third kappa shape index (κ3) is 4.17. The average molecular weight is 409 g/mol. The number of hydrogen-bond donors (Lipinski definition) is 4. The van der Waals surface area contributed by atoms with Crippen molar-refractivity contribution in [3.05, 3.63) is 28.3 Å². The number of nitrogens with zero attached hydrogens (tertiary/aromatic N) is 3. The second-order valence-electron chi connectivity index (χ2n) is 5.60. The van der Waals surface area contributed by atoms with Crippen LogP contribution in [0.4, 0.5) is 5.69 Å². The van der Waals surface area contributed by atoms with Crippen molar-refractivity contribution in [3.63, 3.8) is 0 Å². The highest BCUT2D eigenvalue weighted by molar-refractivity contribution is 8.01. The van der Waals surface area contributed by atoms with Crippen LogP contribution < -0.4 is 22.9 Å². The topological polar surface area (TPSA) is 233 Å². The van der Waals surface area contributed by atoms with E-state index >= 15 is 0 Å². The van der Waals surface area contributed by atoms with Gasteiger partial charge in [-0.05, 0) is 6.07 Å². The standard InChI is InChI=1S/C14H15N7O6S/c15-10(22)6(11(16)23)4-20-8-2-1-5(21(26)27)3-7(8)19-14(20)28-9(12(17)24)13(18)25/h1-3,6,9H,4H2,(H2,15,22)(H2,16,23)(H2,17,24)(H2,18,25). The molecule has 0 saturated carbocycles. The molecule has 0 unspecified atom stereocenters. The summed E-state index contributed by atoms with van der Waals surface area (Å²) in [5.41, 5.74) is 20.8. The van der Waals surface area contributed by atoms with E-state index in [0.717, 1.165) is 6.07 Å². The molecule has 148 valence electrons. The van der Waals surface area contributed by atoms with E-state index in [2.05, 4.69) is 4.98 Å². The van der Waals surface area contributed by atoms with Gasteiger partial charge in [0.25, 0.3) is 5.69 Å². The van der Waals surface area contributed by atoms with Crippen molar-refractivity contribution >= 4 is 52.1 Å². The number of nitro benzene ring substituents is 1. The molecule has 28 heavy (non-hydrogen) atoms. The Morgan fingerprint density at radius 2 is 1.64 bits per heavy atom. The maximum Gasteiger partial charge on any atom is 0.271 e. The number of primary amides is 4. The zero-order valence-corrected chi connectivity index (χ0v) is 14.9. The molecule has 0 bridgehead atoms. The van der Waals surface area contributed by atoms with E-state index in [-0.39, 0.29) is 28.4 Å². The second-order valence-corrected chi connectivity index (χ2v) is 6.67. The van der Waals surface area contributed by atoms with Gasteiger partial charge in [-0.3, -0.25) is 29.3 Å². The highest BCUT2D eigenvalue weighted by atomic mass is 32.2. The van der Waals surface area contributed by atoms with Crippen LogP contribution in [0.2, 0.25) is 0 Å². The van der Waals surface area contributed by atoms with Gasteiger partial charge in [0.1, 0.15) is 5.92 Å². The number of rotatable bonds is 9. The van der Waals surface area contributed by atoms with E-state index in [1.165, 1.54) is 16.7 Å². The summed E-state index contributed by atoms with van der Waals surface area (Å²) in [4.78, 5) is 60.5. The third-order valence-corrected chi connectivity index (χ3v) is 4.92. The molecule has 1 aromatic carbocycles. The minimum absolute atomic E-state index is 0.0365. The van der Waals surface area contributed by atoms with Crippen LogP contribution in [0.15, 0.2) is 23.4 Å². The lowest BCUT2D eigenvalue weighted by atomic mass is 10.1. The largest absolute Gasteiger partial charge is 0.369 e. The van der Waals surface area contributed by atoms with Crippen LogP contribution >= 0.6 is 11.8 Å². The van der Waals surface area contributed by atoms with Crippen LogP contribution in [-0.2, 0) is 25.7 Å². The van der Waals surface area contributed by atoms with Crippen LogP contribution in [0.5, 0.6) is 0 Å². The number of carbonyl (C=O) groups is 4. The number of fused-ring (bicyclic) bond motifs is 1. The van der Waals surface area contributed by atoms with Crippen LogP contribution in [-0.4, -0.2) is 43.4 Å². The first-order valence-electron chi connectivity index (χ1n) is 7.51. The molecule has 13 nitrogen and oxygen atoms in total. The number of imidazole rings is 1. The Labute approximate surface area is 160 Å². The first kappa shape index (κ1) is 20.6. The maximum atomic E-state index is 11.5. The van der Waals surface area contributed by atoms with Gasteiger partial charge in [0.2, 0.25) is 23.6 Å². The van der Waals surface area contributed by atoms with Gasteiger partial charge < -0.3 is 27.5 Å². The summed E-state index contributed by atoms with van der Waals surface area (Å²) < 4.78 is 1.28. The Kier molecular flexibility index (Phi) is 5.83. The molecule has 2 rings (SSSR count). The second kappa shape index (κ2) is 7.91. The number of hydrogen-bond acceptors (Lipinski definition) is 8. The van der Waals surface area contributed by atoms with E-state index < -0.39 is 39.7 Å². The Balaban J connectivity index is 2.63. The molecule has 1 heterocycles. The predicted octanol–water partition coefficient (Wildman–Crippen LogP) is -2.04. The highest BCUT2D eigenvalue weighted by Gasteiger charge is 2.29. The Hall–Kier alpha value is -3.68. The lowest BCUT2D eigenvalue weighted by Gasteiger charge is -2.15. The quantitative estimate of drug-likeness (QED) is 0.155. The number of carbonyl (C=O) groups excluding carboxylic acids is 4. The van der Waals surface area contributed by atoms with E-state index in [1.54, 1.807) is 0 Å². The molecule has 4 amide bonds. The summed E-state index contributed by atoms with van der Waals surface area (Å²) in [7, 11) is 0. The molecule has 0 aliphatic rings. The predicted molar refractivity (Wildman–Crippen MR) is 96.3 cm³/mol. The summed E-state index contributed by atoms with van der Waals surface area (Å²) >= 11 is 0.566. The van der Waals surface area contributed by atoms with Gasteiger partial charge in [-0.1, -0.05) is 11.8 Å². The van der Waals surface area contributed by atoms with E-state index in [9.17, 15) is 29.3 Å². The fourth-order valence-corrected chi connectivity index (χ4v) is 3.23. The minimum atomic E-state index is -1.51. The van der Waals surface area contributed by atoms with Gasteiger partial charge in [0.15, 0.2) is 10.4 Å². The Morgan fingerprint density at radius 3 is 2.11 bits per heavy atom. The lowest BCUT2D eigenvalue weighted by molar-refractivity contribution is -0.384. The van der Waals surface area contributed by atoms with Crippen molar-refractivity contribution in [2.24, 2.45) is 28.9 Å². The van der Waals surface area contributed by atoms with Gasteiger partial charge in [-0.15, -0.1) is 0 Å². The number of amides is 4. The molecule has 0 aliphatic carbocycles. The van der Waals surface area contributed by atoms with Crippen molar-refractivity contribution < 1.29 is 24.1 Å². The van der Waals surface area contributed by atoms with Gasteiger partial charge in [-0.2, -0.15) is 0 Å². The van der Waals surface area contributed by atoms with Crippen molar-refractivity contribution in [2.75, 3.05) is 0 Å². The van der Waals surface area contributed by atoms with E-state index in [1.807, 2.05) is 0 Å². The molecular formula is C14H15N7O6S. The van der Waals surface area contributed by atoms with Crippen LogP contribution in [0.3, 0.4) is 0 Å². The number of aromatic nitrogens is 2. The van der Waals surface area contributed by atoms with E-state index in [0.29, 0.717) is 11.8 Å². The van der Waals surface area contributed by atoms with E-state index in [4.69, 9.17) is 22.9 Å². The molecule has 0 saturated heterocycles. The summed E-state index contributed by atoms with van der Waals surface area (Å²) in [5, 5.41) is 9.43. The normalized spacial score (nSPS) is 11.1. The summed E-state index contributed by atoms with van der Waals surface area (Å²) in [6.07, 6.45) is 0. The summed E-state index contributed by atoms with van der Waals surface area (Å²) in [6.45, 7) is -0.369. The minimum Gasteiger partial charge on any atom is -0.369 e. The van der Waals surface area contributed by atoms with Crippen LogP contribution in [0.25, 0.3) is 11.0 Å². The zero-order valence-electron chi connectivity index (χ0n) is 14.1. The average Bonchev–Trinajstić information content (AvgIpc) is 2.92. The number of nitrogens with two attached hydrogens (primary N) is 4. The number of non-ortho nitro benzene ring substituents is 1. The Bertz CT molecular complexity index is 975. The van der Waals surface area contributed by atoms with Gasteiger partial charge in [0.05, 0.1) is 16.0 Å². The van der Waals surface area contributed by atoms with Crippen LogP contribution in [0, 0.1) is 16.0 Å². The highest BCUT2D eigenvalue weighted by Crippen LogP contribution is 2.30. The molecule has 8 N–H and O–H groups in total. The monoisotopic (exact) mass is 409 g/mol. The first-order valence-corrected chi connectivity index (χ1v) is 8.39. The smallest absolute Gasteiger partial charge is 0.271 e. The molecule has 0 radical (unpaired) electrons. The number of benzene rings is 1. The van der Waals surface area contributed by atoms with Crippen molar-refractivity contribution in [1.82, 2.24) is 9.55 Å². The zero-order chi connectivity index (χ0) is 21.2. The number of nitro groups is 1. The molecule has 1 aromatic heterocycles. The molecule has 0 aliphatic heterocycles. The van der Waals surface area contributed by atoms with Crippen LogP contribution in [0.1, 0.15) is 0 Å². The summed E-state index contributed by atoms with van der Waals surface area (Å²) in [5.74, 6) is -5.53.